The predicted octanol–water partition coefficient (Wildman–Crippen LogP) is 5.48. The van der Waals surface area contributed by atoms with E-state index in [0.717, 1.165) is 51.6 Å². The largest absolute Gasteiger partial charge is 0.379 e. The minimum Gasteiger partial charge on any atom is -0.379 e. The standard InChI is InChI=1S/C23H27N5O4S.C21H23N5O4S.C20H21N5O4S.C15H24N6O5S/c1-2-11-28(33(31,32)21-8-7-17-5-3-4-6-18(17)14-21)20-9-12-27(13-10-20)23-24-15-19(16-25-23)22(29)26-30;1-25(31(29,30)19-7-6-15-4-2-3-5-16(15)12-19)18-8-10-26(11-9-18)21-22-13-17(14-23-21)20(27)24-28;1-24(30(28,29)18-7-6-14-4-2-3-5-15(14)10-18)17-8-9-25(13-17)20-21-11-16(12-22-20)19(26)23-27;22-14(19-23)13-10-16-15(17-11-13)20-3-1-12(2-4-20)9-18-27(24,25)21-5-7-26-8-6-21/h3-8,14-16,20,30H,2,9-13H2,1H3,(H,26,29);2-7,12-14,18,28H,8-11H2,1H3,(H,24,27);2-7,10-12,17,27H,8-9,13H2,1H3,(H,23,26);10-12,18,23H,1-9H2,(H,19,22). The number of fused-ring (bicyclic) bond motifs is 3. The number of ether oxygens (including phenoxy) is 1. The Balaban J connectivity index is 0.000000148. The number of amides is 4. The molecule has 9 N–H and O–H groups in total. The number of hydrogen-bond acceptors (Lipinski definition) is 29. The number of benzene rings is 6. The maximum atomic E-state index is 13.6. The summed E-state index contributed by atoms with van der Waals surface area (Å²) in [5.74, 6) is -0.595. The Hall–Kier alpha value is -11.1. The van der Waals surface area contributed by atoms with Crippen molar-refractivity contribution >= 4 is 120 Å². The molecule has 0 saturated carbocycles. The lowest BCUT2D eigenvalue weighted by molar-refractivity contribution is 0.0701. The van der Waals surface area contributed by atoms with Crippen LogP contribution in [0.3, 0.4) is 0 Å². The number of hydroxylamine groups is 4. The van der Waals surface area contributed by atoms with Gasteiger partial charge in [0.1, 0.15) is 0 Å². The summed E-state index contributed by atoms with van der Waals surface area (Å²) in [7, 11) is -11.1. The number of aromatic nitrogens is 8. The van der Waals surface area contributed by atoms with Crippen LogP contribution >= 0.6 is 0 Å². The second-order valence-corrected chi connectivity index (χ2v) is 36.8. The second-order valence-electron chi connectivity index (χ2n) is 29.2. The third-order valence-electron chi connectivity index (χ3n) is 21.7. The number of nitrogens with one attached hydrogen (secondary N) is 5. The summed E-state index contributed by atoms with van der Waals surface area (Å²) in [6, 6.07) is 38.2. The SMILES string of the molecule is CCCN(C1CCN(c2ncc(C(=O)NO)cn2)CC1)S(=O)(=O)c1ccc2ccccc2c1.CN(C1CCN(c2ncc(C(=O)NO)cn2)C1)S(=O)(=O)c1ccc2ccccc2c1.CN(C1CCN(c2ncc(C(=O)NO)cn2)CC1)S(=O)(=O)c1ccc2ccccc2c1.O=C(NO)c1cnc(N2CCC(CNS(=O)(=O)N3CCOCC3)CC2)nc1. The van der Waals surface area contributed by atoms with Crippen LogP contribution in [0.25, 0.3) is 32.3 Å². The molecule has 4 aromatic heterocycles. The van der Waals surface area contributed by atoms with Gasteiger partial charge in [-0.1, -0.05) is 97.9 Å². The van der Waals surface area contributed by atoms with Crippen LogP contribution in [0.5, 0.6) is 0 Å². The van der Waals surface area contributed by atoms with E-state index in [-0.39, 0.29) is 56.1 Å². The molecule has 5 saturated heterocycles. The summed E-state index contributed by atoms with van der Waals surface area (Å²) in [5, 5.41) is 40.3. The van der Waals surface area contributed by atoms with Crippen molar-refractivity contribution in [3.05, 3.63) is 199 Å². The van der Waals surface area contributed by atoms with Crippen LogP contribution in [0.1, 0.15) is 99.7 Å². The minimum atomic E-state index is -3.66. The second kappa shape index (κ2) is 40.5. The van der Waals surface area contributed by atoms with E-state index in [0.29, 0.717) is 153 Å². The number of sulfonamides is 3. The number of piperidine rings is 3. The Labute approximate surface area is 699 Å². The van der Waals surface area contributed by atoms with E-state index in [4.69, 9.17) is 25.6 Å². The van der Waals surface area contributed by atoms with Gasteiger partial charge in [-0.15, -0.1) is 0 Å². The van der Waals surface area contributed by atoms with Crippen LogP contribution in [-0.4, -0.2) is 259 Å². The van der Waals surface area contributed by atoms with Crippen molar-refractivity contribution in [3.63, 3.8) is 0 Å². The summed E-state index contributed by atoms with van der Waals surface area (Å²) in [6.45, 7) is 9.30. The van der Waals surface area contributed by atoms with Crippen molar-refractivity contribution in [2.24, 2.45) is 5.92 Å². The van der Waals surface area contributed by atoms with Gasteiger partial charge in [0.05, 0.1) is 50.2 Å². The van der Waals surface area contributed by atoms with Crippen LogP contribution in [0.2, 0.25) is 0 Å². The van der Waals surface area contributed by atoms with Gasteiger partial charge in [-0.05, 0) is 126 Å². The van der Waals surface area contributed by atoms with E-state index >= 15 is 0 Å². The topological polar surface area (TPSA) is 484 Å². The van der Waals surface area contributed by atoms with Crippen molar-refractivity contribution in [3.8, 4) is 0 Å². The smallest absolute Gasteiger partial charge is 0.279 e. The zero-order valence-electron chi connectivity index (χ0n) is 66.5. The number of carbonyl (C=O) groups excluding carboxylic acids is 4. The maximum absolute atomic E-state index is 13.6. The van der Waals surface area contributed by atoms with Crippen molar-refractivity contribution in [1.82, 2.24) is 83.7 Å². The molecule has 4 amide bonds. The van der Waals surface area contributed by atoms with E-state index in [9.17, 15) is 52.8 Å². The first kappa shape index (κ1) is 89.2. The monoisotopic (exact) mass is 1740 g/mol. The summed E-state index contributed by atoms with van der Waals surface area (Å²) in [6.07, 6.45) is 16.3. The van der Waals surface area contributed by atoms with E-state index in [2.05, 4.69) is 44.6 Å². The molecule has 1 atom stereocenters. The molecule has 0 aliphatic carbocycles. The highest BCUT2D eigenvalue weighted by atomic mass is 32.2. The van der Waals surface area contributed by atoms with Crippen LogP contribution in [0, 0.1) is 5.92 Å². The molecule has 121 heavy (non-hydrogen) atoms. The van der Waals surface area contributed by atoms with Crippen LogP contribution in [-0.2, 0) is 45.0 Å². The predicted molar refractivity (Wildman–Crippen MR) is 446 cm³/mol. The molecule has 42 heteroatoms. The Morgan fingerprint density at radius 3 is 1.06 bits per heavy atom. The zero-order valence-corrected chi connectivity index (χ0v) is 69.8. The van der Waals surface area contributed by atoms with Gasteiger partial charge in [-0.3, -0.25) is 40.0 Å². The summed E-state index contributed by atoms with van der Waals surface area (Å²) < 4.78 is 118. The van der Waals surface area contributed by atoms with Gasteiger partial charge in [0, 0.05) is 160 Å². The van der Waals surface area contributed by atoms with Gasteiger partial charge in [0.25, 0.3) is 33.8 Å². The van der Waals surface area contributed by atoms with Crippen molar-refractivity contribution in [1.29, 1.82) is 0 Å². The van der Waals surface area contributed by atoms with E-state index < -0.39 is 63.9 Å². The Morgan fingerprint density at radius 1 is 0.397 bits per heavy atom. The number of anilines is 4. The zero-order chi connectivity index (χ0) is 86.0. The van der Waals surface area contributed by atoms with Gasteiger partial charge in [0.2, 0.25) is 53.9 Å². The molecule has 5 aliphatic heterocycles. The minimum absolute atomic E-state index is 0.114. The average Bonchev–Trinajstić information content (AvgIpc) is 1.36. The molecule has 6 aromatic carbocycles. The van der Waals surface area contributed by atoms with Crippen LogP contribution < -0.4 is 46.2 Å². The maximum Gasteiger partial charge on any atom is 0.279 e. The summed E-state index contributed by atoms with van der Waals surface area (Å²) >= 11 is 0. The van der Waals surface area contributed by atoms with E-state index in [1.54, 1.807) is 65.8 Å². The number of rotatable bonds is 23. The fourth-order valence-corrected chi connectivity index (χ4v) is 20.6. The molecular weight excluding hydrogens is 1640 g/mol. The van der Waals surface area contributed by atoms with E-state index in [1.807, 2.05) is 118 Å². The fourth-order valence-electron chi connectivity index (χ4n) is 14.7. The molecule has 10 aromatic rings. The lowest BCUT2D eigenvalue weighted by Crippen LogP contribution is -2.48. The lowest BCUT2D eigenvalue weighted by atomic mass is 9.97. The first-order valence-electron chi connectivity index (χ1n) is 39.1. The fraction of sp³-hybridized carbons (Fsp3) is 0.367. The number of likely N-dealkylation sites (N-methyl/N-ethyl adjacent to an activating group) is 1. The molecular formula is C79H95N21O17S4. The summed E-state index contributed by atoms with van der Waals surface area (Å²) in [4.78, 5) is 87.6. The number of morpholine rings is 1. The molecule has 15 rings (SSSR count). The highest BCUT2D eigenvalue weighted by molar-refractivity contribution is 7.89. The van der Waals surface area contributed by atoms with Gasteiger partial charge in [0.15, 0.2) is 0 Å². The molecule has 9 heterocycles. The van der Waals surface area contributed by atoms with Crippen molar-refractivity contribution < 1.29 is 78.4 Å². The summed E-state index contributed by atoms with van der Waals surface area (Å²) in [5.41, 5.74) is 6.78. The quantitative estimate of drug-likeness (QED) is 0.0282. The first-order chi connectivity index (χ1) is 58.2. The van der Waals surface area contributed by atoms with Crippen molar-refractivity contribution in [2.45, 2.75) is 91.1 Å². The third kappa shape index (κ3) is 21.8. The molecule has 38 nitrogen and oxygen atoms in total. The van der Waals surface area contributed by atoms with Crippen molar-refractivity contribution in [2.75, 3.05) is 125 Å². The molecule has 0 bridgehead atoms. The van der Waals surface area contributed by atoms with Crippen LogP contribution in [0.4, 0.5) is 23.8 Å². The van der Waals surface area contributed by atoms with Gasteiger partial charge >= 0.3 is 0 Å². The highest BCUT2D eigenvalue weighted by Crippen LogP contribution is 2.32. The highest BCUT2D eigenvalue weighted by Gasteiger charge is 2.38. The van der Waals surface area contributed by atoms with E-state index in [1.165, 1.54) is 73.5 Å². The molecule has 5 aliphatic rings. The molecule has 5 fully saturated rings. The average molecular weight is 1740 g/mol. The molecule has 1 unspecified atom stereocenters. The lowest BCUT2D eigenvalue weighted by Gasteiger charge is -2.37. The molecule has 642 valence electrons. The van der Waals surface area contributed by atoms with Crippen LogP contribution in [0.15, 0.2) is 192 Å². The Morgan fingerprint density at radius 2 is 0.702 bits per heavy atom. The van der Waals surface area contributed by atoms with Gasteiger partial charge in [-0.25, -0.2) is 91.8 Å². The normalized spacial score (nSPS) is 16.7. The third-order valence-corrected chi connectivity index (χ3v) is 29.0. The van der Waals surface area contributed by atoms with Gasteiger partial charge in [-0.2, -0.15) is 25.6 Å². The molecule has 0 radical (unpaired) electrons. The number of hydrogen-bond donors (Lipinski definition) is 9. The number of carbonyl (C=O) groups is 4. The Kier molecular flexibility index (Phi) is 29.9. The first-order valence-corrected chi connectivity index (χ1v) is 44.8. The number of nitrogens with zero attached hydrogens (tertiary/aromatic N) is 16. The Bertz CT molecular complexity index is 5720. The molecule has 0 spiro atoms. The van der Waals surface area contributed by atoms with Gasteiger partial charge < -0.3 is 24.3 Å².